The number of halogens is 2. The third-order valence-corrected chi connectivity index (χ3v) is 6.99. The standard InChI is InChI=1S/C31H27F2N5O2/c1-17(2)37-19(4)36-28-16-35-27-13-8-20(14-24(27)29(28)37)6-5-7-22-10-11-23(30(34)39)31(40)38(22)18(3)21-9-12-25(32)26(33)15-21/h8-18H,7H2,1-4H3,(H2,34,39)/t18-/m0/s1. The molecule has 0 bridgehead atoms. The second-order valence-corrected chi connectivity index (χ2v) is 9.95. The maximum atomic E-state index is 14.0. The summed E-state index contributed by atoms with van der Waals surface area (Å²) in [5.74, 6) is 4.29. The quantitative estimate of drug-likeness (QED) is 0.310. The molecule has 202 valence electrons. The Labute approximate surface area is 229 Å². The molecule has 0 aliphatic rings. The van der Waals surface area contributed by atoms with Gasteiger partial charge in [0, 0.05) is 29.1 Å². The predicted octanol–water partition coefficient (Wildman–Crippen LogP) is 5.22. The number of nitrogens with zero attached hydrogens (tertiary/aromatic N) is 4. The monoisotopic (exact) mass is 539 g/mol. The molecular formula is C31H27F2N5O2. The summed E-state index contributed by atoms with van der Waals surface area (Å²) in [6.45, 7) is 7.85. The van der Waals surface area contributed by atoms with E-state index >= 15 is 0 Å². The van der Waals surface area contributed by atoms with Crippen LogP contribution < -0.4 is 11.3 Å². The number of hydrogen-bond donors (Lipinski definition) is 1. The average Bonchev–Trinajstić information content (AvgIpc) is 3.26. The van der Waals surface area contributed by atoms with Crippen molar-refractivity contribution in [2.45, 2.75) is 46.2 Å². The van der Waals surface area contributed by atoms with Crippen LogP contribution in [-0.4, -0.2) is 25.0 Å². The van der Waals surface area contributed by atoms with Crippen molar-refractivity contribution in [1.29, 1.82) is 0 Å². The normalized spacial score (nSPS) is 12.1. The van der Waals surface area contributed by atoms with Crippen LogP contribution in [0.2, 0.25) is 0 Å². The number of rotatable bonds is 5. The van der Waals surface area contributed by atoms with Gasteiger partial charge in [-0.1, -0.05) is 17.9 Å². The summed E-state index contributed by atoms with van der Waals surface area (Å²) in [6, 6.07) is 11.7. The number of hydrogen-bond acceptors (Lipinski definition) is 4. The first-order valence-electron chi connectivity index (χ1n) is 12.8. The number of benzene rings is 2. The van der Waals surface area contributed by atoms with Crippen molar-refractivity contribution in [2.75, 3.05) is 0 Å². The van der Waals surface area contributed by atoms with Crippen LogP contribution in [0, 0.1) is 30.4 Å². The molecule has 2 aromatic carbocycles. The highest BCUT2D eigenvalue weighted by Gasteiger charge is 2.19. The van der Waals surface area contributed by atoms with Gasteiger partial charge in [-0.05, 0) is 75.7 Å². The fourth-order valence-electron chi connectivity index (χ4n) is 5.11. The molecule has 7 nitrogen and oxygen atoms in total. The van der Waals surface area contributed by atoms with E-state index in [1.807, 2.05) is 25.1 Å². The number of imidazole rings is 1. The fourth-order valence-corrected chi connectivity index (χ4v) is 5.11. The Morgan fingerprint density at radius 1 is 1.00 bits per heavy atom. The second-order valence-electron chi connectivity index (χ2n) is 9.95. The van der Waals surface area contributed by atoms with Gasteiger partial charge in [0.1, 0.15) is 16.9 Å². The van der Waals surface area contributed by atoms with E-state index in [1.54, 1.807) is 19.2 Å². The molecule has 5 rings (SSSR count). The molecule has 0 radical (unpaired) electrons. The molecule has 40 heavy (non-hydrogen) atoms. The Morgan fingerprint density at radius 2 is 1.77 bits per heavy atom. The zero-order chi connectivity index (χ0) is 28.7. The largest absolute Gasteiger partial charge is 0.365 e. The van der Waals surface area contributed by atoms with E-state index in [1.165, 1.54) is 16.7 Å². The molecule has 3 heterocycles. The number of nitrogens with two attached hydrogens (primary N) is 1. The van der Waals surface area contributed by atoms with E-state index in [9.17, 15) is 18.4 Å². The zero-order valence-electron chi connectivity index (χ0n) is 22.5. The van der Waals surface area contributed by atoms with Gasteiger partial charge in [0.15, 0.2) is 11.6 Å². The summed E-state index contributed by atoms with van der Waals surface area (Å²) >= 11 is 0. The van der Waals surface area contributed by atoms with E-state index < -0.39 is 29.1 Å². The van der Waals surface area contributed by atoms with Gasteiger partial charge in [0.2, 0.25) is 0 Å². The van der Waals surface area contributed by atoms with Gasteiger partial charge in [0.25, 0.3) is 11.5 Å². The summed E-state index contributed by atoms with van der Waals surface area (Å²) in [6.07, 6.45) is 1.93. The Morgan fingerprint density at radius 3 is 2.48 bits per heavy atom. The maximum absolute atomic E-state index is 14.0. The first-order valence-corrected chi connectivity index (χ1v) is 12.8. The number of aryl methyl sites for hydroxylation is 1. The summed E-state index contributed by atoms with van der Waals surface area (Å²) in [4.78, 5) is 34.3. The fraction of sp³-hybridized carbons (Fsp3) is 0.226. The lowest BCUT2D eigenvalue weighted by molar-refractivity contribution is 0.0998. The van der Waals surface area contributed by atoms with E-state index in [-0.39, 0.29) is 18.0 Å². The number of primary amides is 1. The molecular weight excluding hydrogens is 512 g/mol. The van der Waals surface area contributed by atoms with Gasteiger partial charge < -0.3 is 14.9 Å². The maximum Gasteiger partial charge on any atom is 0.264 e. The Bertz CT molecular complexity index is 1930. The predicted molar refractivity (Wildman–Crippen MR) is 150 cm³/mol. The van der Waals surface area contributed by atoms with Gasteiger partial charge in [-0.15, -0.1) is 0 Å². The Balaban J connectivity index is 1.56. The van der Waals surface area contributed by atoms with Crippen molar-refractivity contribution in [2.24, 2.45) is 5.73 Å². The topological polar surface area (TPSA) is 95.8 Å². The molecule has 9 heteroatoms. The minimum atomic E-state index is -1.03. The molecule has 0 spiro atoms. The van der Waals surface area contributed by atoms with Crippen LogP contribution in [0.3, 0.4) is 0 Å². The molecule has 1 amide bonds. The molecule has 0 aliphatic carbocycles. The molecule has 3 aromatic heterocycles. The molecule has 2 N–H and O–H groups in total. The summed E-state index contributed by atoms with van der Waals surface area (Å²) in [5.41, 5.74) is 8.84. The van der Waals surface area contributed by atoms with Crippen molar-refractivity contribution >= 4 is 27.8 Å². The van der Waals surface area contributed by atoms with Crippen LogP contribution in [0.25, 0.3) is 21.9 Å². The Kier molecular flexibility index (Phi) is 6.94. The number of aromatic nitrogens is 4. The van der Waals surface area contributed by atoms with Crippen LogP contribution in [0.1, 0.15) is 65.9 Å². The van der Waals surface area contributed by atoms with Crippen LogP contribution in [0.5, 0.6) is 0 Å². The lowest BCUT2D eigenvalue weighted by atomic mass is 10.1. The van der Waals surface area contributed by atoms with Crippen LogP contribution >= 0.6 is 0 Å². The molecule has 0 fully saturated rings. The van der Waals surface area contributed by atoms with E-state index in [0.717, 1.165) is 45.5 Å². The van der Waals surface area contributed by atoms with E-state index in [4.69, 9.17) is 5.73 Å². The molecule has 0 unspecified atom stereocenters. The number of carbonyl (C=O) groups excluding carboxylic acids is 1. The third-order valence-electron chi connectivity index (χ3n) is 6.99. The highest BCUT2D eigenvalue weighted by Crippen LogP contribution is 2.28. The van der Waals surface area contributed by atoms with Crippen molar-refractivity contribution in [1.82, 2.24) is 19.1 Å². The van der Waals surface area contributed by atoms with E-state index in [2.05, 4.69) is 40.2 Å². The SMILES string of the molecule is Cc1nc2cnc3ccc(C#CCc4ccc(C(N)=O)c(=O)n4[C@@H](C)c4ccc(F)c(F)c4)cc3c2n1C(C)C. The van der Waals surface area contributed by atoms with E-state index in [0.29, 0.717) is 11.3 Å². The third kappa shape index (κ3) is 4.73. The highest BCUT2D eigenvalue weighted by molar-refractivity contribution is 6.03. The number of amides is 1. The molecule has 0 aliphatic heterocycles. The molecule has 5 aromatic rings. The minimum absolute atomic E-state index is 0.159. The number of pyridine rings is 2. The average molecular weight is 540 g/mol. The zero-order valence-corrected chi connectivity index (χ0v) is 22.5. The van der Waals surface area contributed by atoms with Crippen LogP contribution in [-0.2, 0) is 6.42 Å². The molecule has 1 atom stereocenters. The smallest absolute Gasteiger partial charge is 0.264 e. The number of fused-ring (bicyclic) bond motifs is 3. The molecule has 0 saturated heterocycles. The number of carbonyl (C=O) groups is 1. The van der Waals surface area contributed by atoms with Crippen LogP contribution in [0.15, 0.2) is 59.5 Å². The van der Waals surface area contributed by atoms with Crippen molar-refractivity contribution in [3.63, 3.8) is 0 Å². The summed E-state index contributed by atoms with van der Waals surface area (Å²) in [5, 5.41) is 0.938. The van der Waals surface area contributed by atoms with Crippen molar-refractivity contribution in [3.8, 4) is 11.8 Å². The van der Waals surface area contributed by atoms with Crippen molar-refractivity contribution < 1.29 is 13.6 Å². The van der Waals surface area contributed by atoms with Gasteiger partial charge in [-0.3, -0.25) is 14.6 Å². The van der Waals surface area contributed by atoms with Gasteiger partial charge in [0.05, 0.1) is 23.3 Å². The van der Waals surface area contributed by atoms with Crippen LogP contribution in [0.4, 0.5) is 8.78 Å². The highest BCUT2D eigenvalue weighted by atomic mass is 19.2. The molecule has 0 saturated carbocycles. The summed E-state index contributed by atoms with van der Waals surface area (Å²) < 4.78 is 31.0. The summed E-state index contributed by atoms with van der Waals surface area (Å²) in [7, 11) is 0. The van der Waals surface area contributed by atoms with Gasteiger partial charge in [-0.25, -0.2) is 13.8 Å². The first-order chi connectivity index (χ1) is 19.1. The second kappa shape index (κ2) is 10.4. The lowest BCUT2D eigenvalue weighted by Gasteiger charge is -2.20. The van der Waals surface area contributed by atoms with Gasteiger partial charge in [-0.2, -0.15) is 0 Å². The minimum Gasteiger partial charge on any atom is -0.365 e. The first kappa shape index (κ1) is 26.8. The van der Waals surface area contributed by atoms with Crippen molar-refractivity contribution in [3.05, 3.63) is 105 Å². The lowest BCUT2D eigenvalue weighted by Crippen LogP contribution is -2.33. The van der Waals surface area contributed by atoms with Gasteiger partial charge >= 0.3 is 0 Å². The Hall–Kier alpha value is -4.84.